The van der Waals surface area contributed by atoms with Gasteiger partial charge in [0.2, 0.25) is 0 Å². The summed E-state index contributed by atoms with van der Waals surface area (Å²) in [5.74, 6) is -1.13. The molecule has 0 radical (unpaired) electrons. The quantitative estimate of drug-likeness (QED) is 0.500. The van der Waals surface area contributed by atoms with Gasteiger partial charge in [-0.1, -0.05) is 26.8 Å². The molecule has 0 saturated carbocycles. The number of amides is 1. The average molecular weight is 429 g/mol. The molecule has 1 amide bonds. The lowest BCUT2D eigenvalue weighted by molar-refractivity contribution is 0.0732. The fourth-order valence-electron chi connectivity index (χ4n) is 3.72. The Kier molecular flexibility index (Phi) is 7.74. The van der Waals surface area contributed by atoms with Crippen molar-refractivity contribution in [3.63, 3.8) is 0 Å². The van der Waals surface area contributed by atoms with Crippen LogP contribution in [0.4, 0.5) is 8.78 Å². The lowest BCUT2D eigenvalue weighted by Gasteiger charge is -2.23. The van der Waals surface area contributed by atoms with Gasteiger partial charge in [0.15, 0.2) is 0 Å². The lowest BCUT2D eigenvalue weighted by Crippen LogP contribution is -2.33. The number of benzene rings is 2. The second kappa shape index (κ2) is 10.5. The van der Waals surface area contributed by atoms with Crippen molar-refractivity contribution in [1.82, 2.24) is 19.8 Å². The molecular formula is C24H30F2N4O. The van der Waals surface area contributed by atoms with Crippen LogP contribution in [0.15, 0.2) is 36.4 Å². The molecule has 1 aromatic heterocycles. The number of halogens is 2. The number of carbonyl (C=O) groups excluding carboxylic acids is 1. The van der Waals surface area contributed by atoms with Crippen molar-refractivity contribution in [2.45, 2.75) is 53.2 Å². The minimum atomic E-state index is -0.720. The highest BCUT2D eigenvalue weighted by Gasteiger charge is 2.22. The summed E-state index contributed by atoms with van der Waals surface area (Å²) in [5.41, 5.74) is 2.78. The minimum Gasteiger partial charge on any atom is -0.331 e. The molecule has 5 nitrogen and oxygen atoms in total. The molecule has 0 aliphatic heterocycles. The summed E-state index contributed by atoms with van der Waals surface area (Å²) in [5, 5.41) is 3.31. The van der Waals surface area contributed by atoms with E-state index in [-0.39, 0.29) is 12.1 Å². The van der Waals surface area contributed by atoms with Crippen LogP contribution in [0.1, 0.15) is 55.4 Å². The standard InChI is InChI=1S/C24H30F2N4O/c1-4-11-29(24(31)19-14-18(25)8-9-20(19)26)16-23-28-21-13-17(15-27-6-3)7-10-22(21)30(23)12-5-2/h7-10,13-14,27H,4-6,11-12,15-16H2,1-3H3. The summed E-state index contributed by atoms with van der Waals surface area (Å²) >= 11 is 0. The largest absolute Gasteiger partial charge is 0.331 e. The molecule has 2 aromatic carbocycles. The van der Waals surface area contributed by atoms with E-state index in [1.807, 2.05) is 6.92 Å². The van der Waals surface area contributed by atoms with Gasteiger partial charge in [0, 0.05) is 19.6 Å². The van der Waals surface area contributed by atoms with Crippen molar-refractivity contribution in [2.75, 3.05) is 13.1 Å². The Morgan fingerprint density at radius 1 is 1.10 bits per heavy atom. The highest BCUT2D eigenvalue weighted by Crippen LogP contribution is 2.21. The van der Waals surface area contributed by atoms with E-state index in [1.54, 1.807) is 4.90 Å². The monoisotopic (exact) mass is 428 g/mol. The highest BCUT2D eigenvalue weighted by atomic mass is 19.1. The third-order valence-corrected chi connectivity index (χ3v) is 5.19. The summed E-state index contributed by atoms with van der Waals surface area (Å²) in [7, 11) is 0. The Hall–Kier alpha value is -2.80. The van der Waals surface area contributed by atoms with Crippen LogP contribution in [0.3, 0.4) is 0 Å². The van der Waals surface area contributed by atoms with Gasteiger partial charge in [-0.3, -0.25) is 4.79 Å². The average Bonchev–Trinajstić information content (AvgIpc) is 3.09. The normalized spacial score (nSPS) is 11.3. The van der Waals surface area contributed by atoms with Crippen LogP contribution in [0.5, 0.6) is 0 Å². The van der Waals surface area contributed by atoms with Crippen LogP contribution >= 0.6 is 0 Å². The Labute approximate surface area is 182 Å². The summed E-state index contributed by atoms with van der Waals surface area (Å²) in [6.07, 6.45) is 1.61. The molecule has 1 N–H and O–H groups in total. The molecule has 0 aliphatic rings. The third-order valence-electron chi connectivity index (χ3n) is 5.19. The molecule has 31 heavy (non-hydrogen) atoms. The van der Waals surface area contributed by atoms with E-state index in [4.69, 9.17) is 4.98 Å². The molecule has 0 spiro atoms. The number of aryl methyl sites for hydroxylation is 1. The number of fused-ring (bicyclic) bond motifs is 1. The van der Waals surface area contributed by atoms with Gasteiger partial charge >= 0.3 is 0 Å². The summed E-state index contributed by atoms with van der Waals surface area (Å²) in [4.78, 5) is 19.4. The SMILES string of the molecule is CCCN(Cc1nc2cc(CNCC)ccc2n1CCC)C(=O)c1cc(F)ccc1F. The minimum absolute atomic E-state index is 0.236. The second-order valence-corrected chi connectivity index (χ2v) is 7.63. The number of carbonyl (C=O) groups is 1. The Balaban J connectivity index is 1.96. The van der Waals surface area contributed by atoms with E-state index in [9.17, 15) is 13.6 Å². The fraction of sp³-hybridized carbons (Fsp3) is 0.417. The topological polar surface area (TPSA) is 50.2 Å². The van der Waals surface area contributed by atoms with Gasteiger partial charge in [0.25, 0.3) is 5.91 Å². The predicted molar refractivity (Wildman–Crippen MR) is 119 cm³/mol. The first-order valence-corrected chi connectivity index (χ1v) is 10.9. The molecule has 3 aromatic rings. The summed E-state index contributed by atoms with van der Waals surface area (Å²) in [6, 6.07) is 9.17. The van der Waals surface area contributed by atoms with Gasteiger partial charge in [-0.2, -0.15) is 0 Å². The summed E-state index contributed by atoms with van der Waals surface area (Å²) < 4.78 is 30.0. The van der Waals surface area contributed by atoms with Gasteiger partial charge in [0.1, 0.15) is 17.5 Å². The zero-order chi connectivity index (χ0) is 22.4. The molecule has 0 unspecified atom stereocenters. The fourth-order valence-corrected chi connectivity index (χ4v) is 3.72. The van der Waals surface area contributed by atoms with E-state index in [1.165, 1.54) is 0 Å². The van der Waals surface area contributed by atoms with Crippen LogP contribution in [0, 0.1) is 11.6 Å². The van der Waals surface area contributed by atoms with Crippen molar-refractivity contribution in [3.8, 4) is 0 Å². The van der Waals surface area contributed by atoms with Crippen molar-refractivity contribution >= 4 is 16.9 Å². The third kappa shape index (κ3) is 5.28. The van der Waals surface area contributed by atoms with E-state index >= 15 is 0 Å². The van der Waals surface area contributed by atoms with Gasteiger partial charge in [-0.25, -0.2) is 13.8 Å². The second-order valence-electron chi connectivity index (χ2n) is 7.63. The first kappa shape index (κ1) is 22.9. The van der Waals surface area contributed by atoms with Crippen molar-refractivity contribution in [2.24, 2.45) is 0 Å². The van der Waals surface area contributed by atoms with E-state index in [2.05, 4.69) is 41.9 Å². The van der Waals surface area contributed by atoms with E-state index in [0.29, 0.717) is 13.0 Å². The van der Waals surface area contributed by atoms with E-state index in [0.717, 1.165) is 66.7 Å². The molecule has 7 heteroatoms. The molecule has 3 rings (SSSR count). The van der Waals surface area contributed by atoms with Crippen molar-refractivity contribution in [1.29, 1.82) is 0 Å². The maximum absolute atomic E-state index is 14.2. The number of imidazole rings is 1. The van der Waals surface area contributed by atoms with Crippen LogP contribution in [0.25, 0.3) is 11.0 Å². The number of nitrogens with zero attached hydrogens (tertiary/aromatic N) is 3. The van der Waals surface area contributed by atoms with E-state index < -0.39 is 17.5 Å². The number of hydrogen-bond donors (Lipinski definition) is 1. The number of hydrogen-bond acceptors (Lipinski definition) is 3. The molecule has 1 heterocycles. The maximum Gasteiger partial charge on any atom is 0.257 e. The maximum atomic E-state index is 14.2. The van der Waals surface area contributed by atoms with Crippen LogP contribution in [0.2, 0.25) is 0 Å². The molecular weight excluding hydrogens is 398 g/mol. The van der Waals surface area contributed by atoms with Crippen LogP contribution in [-0.4, -0.2) is 33.4 Å². The smallest absolute Gasteiger partial charge is 0.257 e. The van der Waals surface area contributed by atoms with Gasteiger partial charge in [-0.15, -0.1) is 0 Å². The van der Waals surface area contributed by atoms with Gasteiger partial charge in [-0.05, 0) is 55.3 Å². The van der Waals surface area contributed by atoms with Crippen LogP contribution in [-0.2, 0) is 19.6 Å². The molecule has 0 aliphatic carbocycles. The lowest BCUT2D eigenvalue weighted by atomic mass is 10.1. The molecule has 0 saturated heterocycles. The zero-order valence-electron chi connectivity index (χ0n) is 18.4. The zero-order valence-corrected chi connectivity index (χ0v) is 18.4. The Morgan fingerprint density at radius 2 is 1.90 bits per heavy atom. The highest BCUT2D eigenvalue weighted by molar-refractivity contribution is 5.94. The number of aromatic nitrogens is 2. The first-order valence-electron chi connectivity index (χ1n) is 10.9. The van der Waals surface area contributed by atoms with Crippen molar-refractivity contribution in [3.05, 3.63) is 65.0 Å². The van der Waals surface area contributed by atoms with Crippen molar-refractivity contribution < 1.29 is 13.6 Å². The summed E-state index contributed by atoms with van der Waals surface area (Å²) in [6.45, 7) is 9.18. The molecule has 166 valence electrons. The number of nitrogens with one attached hydrogen (secondary N) is 1. The van der Waals surface area contributed by atoms with Crippen LogP contribution < -0.4 is 5.32 Å². The van der Waals surface area contributed by atoms with Gasteiger partial charge < -0.3 is 14.8 Å². The Bertz CT molecular complexity index is 1050. The van der Waals surface area contributed by atoms with Gasteiger partial charge in [0.05, 0.1) is 23.1 Å². The molecule has 0 atom stereocenters. The Morgan fingerprint density at radius 3 is 2.61 bits per heavy atom. The predicted octanol–water partition coefficient (Wildman–Crippen LogP) is 4.89. The first-order chi connectivity index (χ1) is 15.0. The molecule has 0 fully saturated rings. The number of rotatable bonds is 10. The molecule has 0 bridgehead atoms.